The van der Waals surface area contributed by atoms with Gasteiger partial charge in [0.15, 0.2) is 0 Å². The molecule has 13 heavy (non-hydrogen) atoms. The lowest BCUT2D eigenvalue weighted by atomic mass is 10.4. The Balaban J connectivity index is 3.06. The maximum atomic E-state index is 5.04. The Morgan fingerprint density at radius 1 is 1.46 bits per heavy atom. The molecule has 0 fully saturated rings. The topological polar surface area (TPSA) is 31.9 Å². The fourth-order valence-electron chi connectivity index (χ4n) is 1.24. The van der Waals surface area contributed by atoms with Crippen LogP contribution in [-0.2, 0) is 0 Å². The third-order valence-electron chi connectivity index (χ3n) is 1.93. The molecule has 0 unspecified atom stereocenters. The molecule has 0 aliphatic rings. The number of aryl methyl sites for hydroxylation is 1. The highest BCUT2D eigenvalue weighted by atomic mass is 32.1. The maximum Gasteiger partial charge on any atom is 0.204 e. The van der Waals surface area contributed by atoms with Crippen LogP contribution in [0.5, 0.6) is 0 Å². The Bertz CT molecular complexity index is 328. The average Bonchev–Trinajstić information content (AvgIpc) is 2.04. The Hall–Kier alpha value is -0.900. The van der Waals surface area contributed by atoms with Gasteiger partial charge in [0.25, 0.3) is 0 Å². The van der Waals surface area contributed by atoms with E-state index in [0.29, 0.717) is 4.64 Å². The molecule has 0 radical (unpaired) electrons. The third-order valence-corrected chi connectivity index (χ3v) is 2.14. The van der Waals surface area contributed by atoms with Crippen molar-refractivity contribution in [3.8, 4) is 0 Å². The smallest absolute Gasteiger partial charge is 0.204 e. The highest BCUT2D eigenvalue weighted by Gasteiger charge is 2.03. The van der Waals surface area contributed by atoms with E-state index in [4.69, 9.17) is 12.2 Å². The van der Waals surface area contributed by atoms with Gasteiger partial charge in [-0.3, -0.25) is 0 Å². The zero-order valence-electron chi connectivity index (χ0n) is 8.29. The van der Waals surface area contributed by atoms with Gasteiger partial charge >= 0.3 is 0 Å². The number of aromatic nitrogens is 2. The van der Waals surface area contributed by atoms with Crippen LogP contribution in [0.25, 0.3) is 0 Å². The van der Waals surface area contributed by atoms with Crippen LogP contribution in [0, 0.1) is 11.6 Å². The minimum Gasteiger partial charge on any atom is -0.343 e. The second-order valence-corrected chi connectivity index (χ2v) is 3.32. The Labute approximate surface area is 83.8 Å². The fraction of sp³-hybridized carbons (Fsp3) is 0.556. The van der Waals surface area contributed by atoms with Crippen molar-refractivity contribution in [2.24, 2.45) is 0 Å². The molecule has 1 N–H and O–H groups in total. The molecular weight excluding hydrogens is 182 g/mol. The molecule has 0 bridgehead atoms. The molecule has 0 spiro atoms. The molecule has 0 amide bonds. The maximum absolute atomic E-state index is 5.04. The molecule has 1 heterocycles. The molecule has 0 aliphatic carbocycles. The Morgan fingerprint density at radius 2 is 2.08 bits per heavy atom. The summed E-state index contributed by atoms with van der Waals surface area (Å²) in [6, 6.07) is 1.86. The predicted molar refractivity (Wildman–Crippen MR) is 57.7 cm³/mol. The number of anilines is 1. The van der Waals surface area contributed by atoms with Crippen LogP contribution in [0.4, 0.5) is 5.95 Å². The number of aromatic amines is 1. The van der Waals surface area contributed by atoms with Gasteiger partial charge in [0.2, 0.25) is 5.95 Å². The van der Waals surface area contributed by atoms with Crippen molar-refractivity contribution in [1.29, 1.82) is 0 Å². The molecule has 72 valence electrons. The second-order valence-electron chi connectivity index (χ2n) is 2.90. The van der Waals surface area contributed by atoms with Gasteiger partial charge in [-0.25, -0.2) is 4.98 Å². The van der Waals surface area contributed by atoms with Crippen LogP contribution in [0.3, 0.4) is 0 Å². The van der Waals surface area contributed by atoms with E-state index in [2.05, 4.69) is 28.7 Å². The summed E-state index contributed by atoms with van der Waals surface area (Å²) >= 11 is 5.04. The summed E-state index contributed by atoms with van der Waals surface area (Å²) in [5.74, 6) is 0.870. The number of hydrogen-bond donors (Lipinski definition) is 1. The molecule has 1 rings (SSSR count). The Kier molecular flexibility index (Phi) is 3.42. The van der Waals surface area contributed by atoms with Gasteiger partial charge in [0.1, 0.15) is 4.64 Å². The normalized spacial score (nSPS) is 10.1. The van der Waals surface area contributed by atoms with E-state index in [1.165, 1.54) is 0 Å². The number of rotatable bonds is 3. The van der Waals surface area contributed by atoms with Gasteiger partial charge in [0.05, 0.1) is 0 Å². The lowest BCUT2D eigenvalue weighted by Crippen LogP contribution is -2.24. The van der Waals surface area contributed by atoms with Crippen molar-refractivity contribution in [2.75, 3.05) is 18.0 Å². The van der Waals surface area contributed by atoms with Crippen LogP contribution in [0.2, 0.25) is 0 Å². The predicted octanol–water partition coefficient (Wildman–Crippen LogP) is 2.29. The van der Waals surface area contributed by atoms with Crippen molar-refractivity contribution < 1.29 is 0 Å². The molecule has 1 aromatic rings. The van der Waals surface area contributed by atoms with Crippen molar-refractivity contribution in [1.82, 2.24) is 9.97 Å². The van der Waals surface area contributed by atoms with Crippen LogP contribution >= 0.6 is 12.2 Å². The van der Waals surface area contributed by atoms with Gasteiger partial charge in [0, 0.05) is 18.8 Å². The van der Waals surface area contributed by atoms with Crippen molar-refractivity contribution in [2.45, 2.75) is 20.8 Å². The minimum atomic E-state index is 0.651. The summed E-state index contributed by atoms with van der Waals surface area (Å²) < 4.78 is 0.651. The van der Waals surface area contributed by atoms with E-state index in [9.17, 15) is 0 Å². The van der Waals surface area contributed by atoms with Gasteiger partial charge in [-0.05, 0) is 26.8 Å². The zero-order chi connectivity index (χ0) is 9.84. The fourth-order valence-corrected chi connectivity index (χ4v) is 1.50. The summed E-state index contributed by atoms with van der Waals surface area (Å²) in [7, 11) is 0. The molecule has 1 aromatic heterocycles. The van der Waals surface area contributed by atoms with Crippen LogP contribution in [-0.4, -0.2) is 23.1 Å². The Morgan fingerprint density at radius 3 is 2.54 bits per heavy atom. The van der Waals surface area contributed by atoms with Gasteiger partial charge in [-0.2, -0.15) is 0 Å². The molecule has 0 aliphatic heterocycles. The molecule has 0 saturated heterocycles. The first-order valence-electron chi connectivity index (χ1n) is 4.50. The summed E-state index contributed by atoms with van der Waals surface area (Å²) in [6.45, 7) is 8.08. The number of hydrogen-bond acceptors (Lipinski definition) is 3. The number of nitrogens with one attached hydrogen (secondary N) is 1. The SMILES string of the molecule is CCN(CC)c1nc(=S)cc(C)[nH]1. The summed E-state index contributed by atoms with van der Waals surface area (Å²) in [6.07, 6.45) is 0. The first kappa shape index (κ1) is 10.2. The highest BCUT2D eigenvalue weighted by molar-refractivity contribution is 7.71. The molecule has 4 heteroatoms. The van der Waals surface area contributed by atoms with E-state index < -0.39 is 0 Å². The number of nitrogens with zero attached hydrogens (tertiary/aromatic N) is 2. The van der Waals surface area contributed by atoms with Gasteiger partial charge < -0.3 is 9.88 Å². The van der Waals surface area contributed by atoms with E-state index in [1.54, 1.807) is 0 Å². The van der Waals surface area contributed by atoms with E-state index in [0.717, 1.165) is 24.7 Å². The molecule has 0 saturated carbocycles. The molecule has 0 atom stereocenters. The van der Waals surface area contributed by atoms with E-state index >= 15 is 0 Å². The summed E-state index contributed by atoms with van der Waals surface area (Å²) in [5.41, 5.74) is 1.06. The molecular formula is C9H15N3S. The minimum absolute atomic E-state index is 0.651. The highest BCUT2D eigenvalue weighted by Crippen LogP contribution is 2.07. The first-order chi connectivity index (χ1) is 6.17. The molecule has 3 nitrogen and oxygen atoms in total. The third kappa shape index (κ3) is 2.52. The van der Waals surface area contributed by atoms with Crippen LogP contribution in [0.15, 0.2) is 6.07 Å². The summed E-state index contributed by atoms with van der Waals surface area (Å²) in [5, 5.41) is 0. The van der Waals surface area contributed by atoms with E-state index in [1.807, 2.05) is 13.0 Å². The largest absolute Gasteiger partial charge is 0.343 e. The van der Waals surface area contributed by atoms with Gasteiger partial charge in [-0.15, -0.1) is 0 Å². The van der Waals surface area contributed by atoms with Crippen molar-refractivity contribution >= 4 is 18.2 Å². The number of H-pyrrole nitrogens is 1. The van der Waals surface area contributed by atoms with E-state index in [-0.39, 0.29) is 0 Å². The van der Waals surface area contributed by atoms with Crippen molar-refractivity contribution in [3.05, 3.63) is 16.4 Å². The standard InChI is InChI=1S/C9H15N3S/c1-4-12(5-2)9-10-7(3)6-8(13)11-9/h6H,4-5H2,1-3H3,(H,10,11,13). The van der Waals surface area contributed by atoms with Crippen molar-refractivity contribution in [3.63, 3.8) is 0 Å². The monoisotopic (exact) mass is 197 g/mol. The second kappa shape index (κ2) is 4.37. The quantitative estimate of drug-likeness (QED) is 0.754. The first-order valence-corrected chi connectivity index (χ1v) is 4.91. The van der Waals surface area contributed by atoms with Crippen LogP contribution < -0.4 is 4.90 Å². The lowest BCUT2D eigenvalue weighted by molar-refractivity contribution is 0.814. The average molecular weight is 197 g/mol. The lowest BCUT2D eigenvalue weighted by Gasteiger charge is -2.19. The summed E-state index contributed by atoms with van der Waals surface area (Å²) in [4.78, 5) is 9.60. The zero-order valence-corrected chi connectivity index (χ0v) is 9.11. The molecule has 0 aromatic carbocycles. The van der Waals surface area contributed by atoms with Crippen LogP contribution in [0.1, 0.15) is 19.5 Å². The van der Waals surface area contributed by atoms with Gasteiger partial charge in [-0.1, -0.05) is 12.2 Å².